The van der Waals surface area contributed by atoms with E-state index in [9.17, 15) is 0 Å². The number of ether oxygens (including phenoxy) is 2. The molecule has 0 N–H and O–H groups in total. The second-order valence-corrected chi connectivity index (χ2v) is 4.82. The molecule has 0 radical (unpaired) electrons. The van der Waals surface area contributed by atoms with Crippen LogP contribution in [0.15, 0.2) is 36.4 Å². The number of methoxy groups -OCH3 is 1. The lowest BCUT2D eigenvalue weighted by Gasteiger charge is -2.24. The van der Waals surface area contributed by atoms with Crippen molar-refractivity contribution in [3.63, 3.8) is 0 Å². The molecule has 0 saturated carbocycles. The first-order valence-electron chi connectivity index (χ1n) is 7.03. The van der Waals surface area contributed by atoms with E-state index >= 15 is 0 Å². The van der Waals surface area contributed by atoms with Gasteiger partial charge in [0.05, 0.1) is 7.11 Å². The molecular weight excluding hydrogens is 274 g/mol. The minimum absolute atomic E-state index is 0. The number of hydrogen-bond donors (Lipinski definition) is 0. The fourth-order valence-corrected chi connectivity index (χ4v) is 2.27. The molecule has 1 aliphatic rings. The summed E-state index contributed by atoms with van der Waals surface area (Å²) in [6, 6.07) is 7.70. The van der Waals surface area contributed by atoms with E-state index in [1.807, 2.05) is 24.3 Å². The minimum atomic E-state index is 0. The molecule has 2 rings (SSSR count). The molecule has 1 fully saturated rings. The van der Waals surface area contributed by atoms with Crippen LogP contribution in [0.1, 0.15) is 19.3 Å². The van der Waals surface area contributed by atoms with Crippen LogP contribution in [0, 0.1) is 0 Å². The van der Waals surface area contributed by atoms with Crippen molar-refractivity contribution < 1.29 is 9.47 Å². The number of likely N-dealkylation sites (tertiary alicyclic amines) is 1. The third kappa shape index (κ3) is 5.85. The summed E-state index contributed by atoms with van der Waals surface area (Å²) in [5.41, 5.74) is 0. The summed E-state index contributed by atoms with van der Waals surface area (Å²) < 4.78 is 10.8. The number of rotatable bonds is 6. The maximum Gasteiger partial charge on any atom is 0.123 e. The van der Waals surface area contributed by atoms with Gasteiger partial charge in [0.2, 0.25) is 0 Å². The summed E-state index contributed by atoms with van der Waals surface area (Å²) in [5, 5.41) is 0. The van der Waals surface area contributed by atoms with E-state index in [2.05, 4.69) is 17.1 Å². The first kappa shape index (κ1) is 16.9. The summed E-state index contributed by atoms with van der Waals surface area (Å²) in [4.78, 5) is 2.49. The molecule has 1 aromatic carbocycles. The summed E-state index contributed by atoms with van der Waals surface area (Å²) in [7, 11) is 1.66. The summed E-state index contributed by atoms with van der Waals surface area (Å²) in [5.74, 6) is 1.68. The lowest BCUT2D eigenvalue weighted by Crippen LogP contribution is -2.29. The summed E-state index contributed by atoms with van der Waals surface area (Å²) in [6.45, 7) is 4.13. The molecule has 112 valence electrons. The van der Waals surface area contributed by atoms with Crippen molar-refractivity contribution in [2.75, 3.05) is 33.4 Å². The van der Waals surface area contributed by atoms with Crippen molar-refractivity contribution in [2.24, 2.45) is 0 Å². The number of halogens is 1. The molecule has 1 saturated heterocycles. The predicted molar refractivity (Wildman–Crippen MR) is 85.2 cm³/mol. The van der Waals surface area contributed by atoms with Gasteiger partial charge >= 0.3 is 0 Å². The third-order valence-electron chi connectivity index (χ3n) is 3.37. The van der Waals surface area contributed by atoms with Crippen LogP contribution in [0.3, 0.4) is 0 Å². The van der Waals surface area contributed by atoms with E-state index in [1.54, 1.807) is 7.11 Å². The maximum absolute atomic E-state index is 5.65. The lowest BCUT2D eigenvalue weighted by molar-refractivity contribution is 0.251. The average molecular weight is 298 g/mol. The van der Waals surface area contributed by atoms with Crippen molar-refractivity contribution >= 4 is 12.4 Å². The highest BCUT2D eigenvalue weighted by Crippen LogP contribution is 2.18. The summed E-state index contributed by atoms with van der Waals surface area (Å²) in [6.07, 6.45) is 8.36. The van der Waals surface area contributed by atoms with Crippen molar-refractivity contribution in [1.29, 1.82) is 0 Å². The highest BCUT2D eigenvalue weighted by molar-refractivity contribution is 5.85. The Morgan fingerprint density at radius 1 is 1.10 bits per heavy atom. The average Bonchev–Trinajstić information content (AvgIpc) is 2.48. The van der Waals surface area contributed by atoms with E-state index < -0.39 is 0 Å². The largest absolute Gasteiger partial charge is 0.497 e. The zero-order valence-electron chi connectivity index (χ0n) is 12.1. The van der Waals surface area contributed by atoms with Gasteiger partial charge in [-0.1, -0.05) is 24.6 Å². The van der Waals surface area contributed by atoms with E-state index in [1.165, 1.54) is 32.4 Å². The molecule has 1 aliphatic heterocycles. The standard InChI is InChI=1S/C16H23NO2.ClH/c1-18-15-8-7-9-16(14-15)19-13-6-5-12-17-10-3-2-4-11-17;/h5-9,14H,2-4,10-13H2,1H3;1H. The van der Waals surface area contributed by atoms with Gasteiger partial charge in [-0.25, -0.2) is 0 Å². The number of piperidine rings is 1. The van der Waals surface area contributed by atoms with E-state index in [4.69, 9.17) is 9.47 Å². The number of hydrogen-bond acceptors (Lipinski definition) is 3. The van der Waals surface area contributed by atoms with Gasteiger partial charge in [-0.3, -0.25) is 4.90 Å². The quantitative estimate of drug-likeness (QED) is 0.750. The zero-order chi connectivity index (χ0) is 13.3. The molecule has 4 heteroatoms. The highest BCUT2D eigenvalue weighted by Gasteiger charge is 2.07. The molecule has 0 atom stereocenters. The zero-order valence-corrected chi connectivity index (χ0v) is 12.9. The number of nitrogens with zero attached hydrogens (tertiary/aromatic N) is 1. The molecule has 0 spiro atoms. The fourth-order valence-electron chi connectivity index (χ4n) is 2.27. The van der Waals surface area contributed by atoms with Crippen LogP contribution in [0.5, 0.6) is 11.5 Å². The Bertz CT molecular complexity index is 403. The van der Waals surface area contributed by atoms with Gasteiger partial charge in [0.25, 0.3) is 0 Å². The third-order valence-corrected chi connectivity index (χ3v) is 3.37. The molecule has 3 nitrogen and oxygen atoms in total. The van der Waals surface area contributed by atoms with E-state index in [0.29, 0.717) is 6.61 Å². The van der Waals surface area contributed by atoms with Gasteiger partial charge in [0, 0.05) is 12.6 Å². The first-order valence-corrected chi connectivity index (χ1v) is 7.03. The normalized spacial score (nSPS) is 15.8. The molecule has 0 unspecified atom stereocenters. The Hall–Kier alpha value is -1.19. The van der Waals surface area contributed by atoms with Crippen LogP contribution in [0.2, 0.25) is 0 Å². The van der Waals surface area contributed by atoms with Gasteiger partial charge in [-0.05, 0) is 38.1 Å². The monoisotopic (exact) mass is 297 g/mol. The van der Waals surface area contributed by atoms with Crippen molar-refractivity contribution in [3.05, 3.63) is 36.4 Å². The van der Waals surface area contributed by atoms with Gasteiger partial charge in [-0.15, -0.1) is 12.4 Å². The SMILES string of the molecule is COc1cccc(OCC=CCN2CCCCC2)c1.Cl. The fraction of sp³-hybridized carbons (Fsp3) is 0.500. The van der Waals surface area contributed by atoms with Gasteiger partial charge in [0.1, 0.15) is 18.1 Å². The van der Waals surface area contributed by atoms with Crippen molar-refractivity contribution in [3.8, 4) is 11.5 Å². The van der Waals surface area contributed by atoms with Crippen LogP contribution < -0.4 is 9.47 Å². The molecule has 0 bridgehead atoms. The number of benzene rings is 1. The molecule has 1 aromatic rings. The van der Waals surface area contributed by atoms with Gasteiger partial charge in [0.15, 0.2) is 0 Å². The van der Waals surface area contributed by atoms with Crippen LogP contribution in [-0.2, 0) is 0 Å². The second kappa shape index (κ2) is 9.67. The van der Waals surface area contributed by atoms with E-state index in [0.717, 1.165) is 18.0 Å². The highest BCUT2D eigenvalue weighted by atomic mass is 35.5. The van der Waals surface area contributed by atoms with Crippen LogP contribution in [-0.4, -0.2) is 38.3 Å². The van der Waals surface area contributed by atoms with E-state index in [-0.39, 0.29) is 12.4 Å². The molecular formula is C16H24ClNO2. The smallest absolute Gasteiger partial charge is 0.123 e. The lowest BCUT2D eigenvalue weighted by atomic mass is 10.1. The minimum Gasteiger partial charge on any atom is -0.497 e. The Kier molecular flexibility index (Phi) is 8.16. The van der Waals surface area contributed by atoms with Crippen LogP contribution >= 0.6 is 12.4 Å². The first-order chi connectivity index (χ1) is 9.38. The van der Waals surface area contributed by atoms with Crippen LogP contribution in [0.4, 0.5) is 0 Å². The van der Waals surface area contributed by atoms with Crippen LogP contribution in [0.25, 0.3) is 0 Å². The molecule has 20 heavy (non-hydrogen) atoms. The Morgan fingerprint density at radius 3 is 2.60 bits per heavy atom. The van der Waals surface area contributed by atoms with Gasteiger partial charge in [-0.2, -0.15) is 0 Å². The predicted octanol–water partition coefficient (Wildman–Crippen LogP) is 3.54. The van der Waals surface area contributed by atoms with Crippen molar-refractivity contribution in [1.82, 2.24) is 4.90 Å². The topological polar surface area (TPSA) is 21.7 Å². The second-order valence-electron chi connectivity index (χ2n) is 4.82. The molecule has 0 aromatic heterocycles. The Morgan fingerprint density at radius 2 is 1.85 bits per heavy atom. The van der Waals surface area contributed by atoms with Crippen molar-refractivity contribution in [2.45, 2.75) is 19.3 Å². The maximum atomic E-state index is 5.65. The molecule has 1 heterocycles. The summed E-state index contributed by atoms with van der Waals surface area (Å²) >= 11 is 0. The Balaban J connectivity index is 0.00000200. The van der Waals surface area contributed by atoms with Gasteiger partial charge < -0.3 is 9.47 Å². The molecule has 0 amide bonds. The molecule has 0 aliphatic carbocycles. The Labute approximate surface area is 128 Å².